The van der Waals surface area contributed by atoms with E-state index in [1.807, 2.05) is 0 Å². The van der Waals surface area contributed by atoms with Crippen molar-refractivity contribution in [1.82, 2.24) is 9.55 Å². The number of nitrogens with one attached hydrogen (secondary N) is 2. The van der Waals surface area contributed by atoms with Crippen LogP contribution in [0.15, 0.2) is 61.2 Å². The maximum absolute atomic E-state index is 14.3. The number of hydrogen-bond donors (Lipinski definition) is 2. The predicted octanol–water partition coefficient (Wildman–Crippen LogP) is 3.26. The number of anilines is 3. The molecule has 1 saturated heterocycles. The number of hydrogen-bond acceptors (Lipinski definition) is 5. The summed E-state index contributed by atoms with van der Waals surface area (Å²) in [5.74, 6) is -1.41. The number of aryl methyl sites for hydroxylation is 1. The summed E-state index contributed by atoms with van der Waals surface area (Å²) in [6.45, 7) is 1.07. The quantitative estimate of drug-likeness (QED) is 0.590. The number of aromatic nitrogens is 2. The van der Waals surface area contributed by atoms with Crippen molar-refractivity contribution in [3.8, 4) is 0 Å². The van der Waals surface area contributed by atoms with Crippen LogP contribution in [-0.2, 0) is 16.1 Å². The number of ether oxygens (including phenoxy) is 1. The van der Waals surface area contributed by atoms with Gasteiger partial charge in [0.05, 0.1) is 18.6 Å². The van der Waals surface area contributed by atoms with Crippen molar-refractivity contribution in [2.75, 3.05) is 28.7 Å². The average molecular weight is 437 g/mol. The third-order valence-corrected chi connectivity index (χ3v) is 4.84. The largest absolute Gasteiger partial charge is 0.447 e. The summed E-state index contributed by atoms with van der Waals surface area (Å²) in [7, 11) is 0. The molecule has 0 atom stereocenters. The first-order valence-electron chi connectivity index (χ1n) is 9.90. The molecule has 10 heteroatoms. The van der Waals surface area contributed by atoms with E-state index in [1.54, 1.807) is 41.5 Å². The van der Waals surface area contributed by atoms with Crippen molar-refractivity contribution >= 4 is 35.0 Å². The van der Waals surface area contributed by atoms with E-state index in [1.165, 1.54) is 29.2 Å². The number of rotatable bonds is 7. The second-order valence-electron chi connectivity index (χ2n) is 7.06. The zero-order valence-electron chi connectivity index (χ0n) is 17.0. The van der Waals surface area contributed by atoms with Crippen LogP contribution in [0.2, 0.25) is 0 Å². The van der Waals surface area contributed by atoms with Gasteiger partial charge in [0.25, 0.3) is 5.91 Å². The fraction of sp³-hybridized carbons (Fsp3) is 0.182. The molecule has 2 aromatic carbocycles. The van der Waals surface area contributed by atoms with Gasteiger partial charge in [-0.2, -0.15) is 0 Å². The lowest BCUT2D eigenvalue weighted by Crippen LogP contribution is -2.23. The maximum atomic E-state index is 14.3. The standard InChI is InChI=1S/C22H20FN5O4/c23-18-5-4-17(28-10-11-32-22(28)31)13-19(18)26-21(30)15-2-1-3-16(12-15)25-20(29)6-8-27-9-7-24-14-27/h1-5,7,9,12-14H,6,8,10-11H2,(H,25,29)(H,26,30). The van der Waals surface area contributed by atoms with Gasteiger partial charge in [-0.25, -0.2) is 14.2 Å². The first kappa shape index (κ1) is 21.0. The normalized spacial score (nSPS) is 13.0. The third-order valence-electron chi connectivity index (χ3n) is 4.84. The Hall–Kier alpha value is -4.21. The number of halogens is 1. The van der Waals surface area contributed by atoms with E-state index in [9.17, 15) is 18.8 Å². The van der Waals surface area contributed by atoms with Gasteiger partial charge >= 0.3 is 6.09 Å². The number of cyclic esters (lactones) is 1. The van der Waals surface area contributed by atoms with E-state index in [4.69, 9.17) is 4.74 Å². The van der Waals surface area contributed by atoms with Crippen LogP contribution >= 0.6 is 0 Å². The average Bonchev–Trinajstić information content (AvgIpc) is 3.46. The van der Waals surface area contributed by atoms with Crippen molar-refractivity contribution in [1.29, 1.82) is 0 Å². The summed E-state index contributed by atoms with van der Waals surface area (Å²) < 4.78 is 20.9. The number of amides is 3. The summed E-state index contributed by atoms with van der Waals surface area (Å²) in [5.41, 5.74) is 1.04. The number of carbonyl (C=O) groups excluding carboxylic acids is 3. The van der Waals surface area contributed by atoms with Gasteiger partial charge < -0.3 is 19.9 Å². The second-order valence-corrected chi connectivity index (χ2v) is 7.06. The Bertz CT molecular complexity index is 1150. The number of nitrogens with zero attached hydrogens (tertiary/aromatic N) is 3. The molecule has 1 aliphatic heterocycles. The van der Waals surface area contributed by atoms with Gasteiger partial charge in [0.1, 0.15) is 12.4 Å². The SMILES string of the molecule is O=C(CCn1ccnc1)Nc1cccc(C(=O)Nc2cc(N3CCOC3=O)ccc2F)c1. The Kier molecular flexibility index (Phi) is 6.11. The van der Waals surface area contributed by atoms with Gasteiger partial charge in [0.2, 0.25) is 5.91 Å². The highest BCUT2D eigenvalue weighted by atomic mass is 19.1. The lowest BCUT2D eigenvalue weighted by Gasteiger charge is -2.15. The molecule has 0 saturated carbocycles. The summed E-state index contributed by atoms with van der Waals surface area (Å²) in [6.07, 6.45) is 4.74. The first-order valence-corrected chi connectivity index (χ1v) is 9.90. The Morgan fingerprint density at radius 2 is 2.03 bits per heavy atom. The summed E-state index contributed by atoms with van der Waals surface area (Å²) in [5, 5.41) is 5.25. The van der Waals surface area contributed by atoms with Crippen LogP contribution in [-0.4, -0.2) is 40.6 Å². The number of imidazole rings is 1. The minimum absolute atomic E-state index is 0.0676. The van der Waals surface area contributed by atoms with Crippen LogP contribution in [0.3, 0.4) is 0 Å². The molecule has 1 aromatic heterocycles. The van der Waals surface area contributed by atoms with Gasteiger partial charge in [-0.05, 0) is 36.4 Å². The highest BCUT2D eigenvalue weighted by Gasteiger charge is 2.24. The molecular weight excluding hydrogens is 417 g/mol. The van der Waals surface area contributed by atoms with E-state index in [0.717, 1.165) is 0 Å². The topological polar surface area (TPSA) is 106 Å². The predicted molar refractivity (Wildman–Crippen MR) is 115 cm³/mol. The zero-order chi connectivity index (χ0) is 22.5. The smallest absolute Gasteiger partial charge is 0.414 e. The van der Waals surface area contributed by atoms with E-state index in [0.29, 0.717) is 24.5 Å². The van der Waals surface area contributed by atoms with Crippen molar-refractivity contribution < 1.29 is 23.5 Å². The molecule has 0 unspecified atom stereocenters. The Balaban J connectivity index is 1.41. The van der Waals surface area contributed by atoms with Gasteiger partial charge in [-0.15, -0.1) is 0 Å². The van der Waals surface area contributed by atoms with E-state index in [-0.39, 0.29) is 30.2 Å². The van der Waals surface area contributed by atoms with Crippen molar-refractivity contribution in [3.05, 3.63) is 72.6 Å². The van der Waals surface area contributed by atoms with Gasteiger partial charge in [0.15, 0.2) is 0 Å². The Labute approximate surface area is 182 Å². The summed E-state index contributed by atoms with van der Waals surface area (Å²) in [4.78, 5) is 41.9. The molecule has 2 heterocycles. The van der Waals surface area contributed by atoms with E-state index in [2.05, 4.69) is 15.6 Å². The van der Waals surface area contributed by atoms with Crippen LogP contribution < -0.4 is 15.5 Å². The molecule has 3 amide bonds. The molecule has 1 aliphatic rings. The molecule has 0 spiro atoms. The number of benzene rings is 2. The second kappa shape index (κ2) is 9.29. The highest BCUT2D eigenvalue weighted by molar-refractivity contribution is 6.06. The molecule has 0 radical (unpaired) electrons. The van der Waals surface area contributed by atoms with Crippen LogP contribution in [0.4, 0.5) is 26.2 Å². The minimum atomic E-state index is -0.640. The molecule has 0 bridgehead atoms. The van der Waals surface area contributed by atoms with Crippen molar-refractivity contribution in [2.45, 2.75) is 13.0 Å². The van der Waals surface area contributed by atoms with Gasteiger partial charge in [-0.1, -0.05) is 6.07 Å². The minimum Gasteiger partial charge on any atom is -0.447 e. The van der Waals surface area contributed by atoms with E-state index >= 15 is 0 Å². The van der Waals surface area contributed by atoms with Crippen LogP contribution in [0.1, 0.15) is 16.8 Å². The molecule has 3 aromatic rings. The lowest BCUT2D eigenvalue weighted by atomic mass is 10.1. The number of carbonyl (C=O) groups is 3. The third kappa shape index (κ3) is 4.91. The summed E-state index contributed by atoms with van der Waals surface area (Å²) >= 11 is 0. The van der Waals surface area contributed by atoms with Crippen molar-refractivity contribution in [3.63, 3.8) is 0 Å². The van der Waals surface area contributed by atoms with Crippen LogP contribution in [0, 0.1) is 5.82 Å². The molecule has 4 rings (SSSR count). The molecule has 2 N–H and O–H groups in total. The molecule has 164 valence electrons. The fourth-order valence-corrected chi connectivity index (χ4v) is 3.21. The van der Waals surface area contributed by atoms with Crippen LogP contribution in [0.5, 0.6) is 0 Å². The van der Waals surface area contributed by atoms with Gasteiger partial charge in [0, 0.05) is 42.3 Å². The lowest BCUT2D eigenvalue weighted by molar-refractivity contribution is -0.116. The van der Waals surface area contributed by atoms with Crippen molar-refractivity contribution in [2.24, 2.45) is 0 Å². The zero-order valence-corrected chi connectivity index (χ0v) is 17.0. The molecule has 0 aliphatic carbocycles. The highest BCUT2D eigenvalue weighted by Crippen LogP contribution is 2.25. The fourth-order valence-electron chi connectivity index (χ4n) is 3.21. The Morgan fingerprint density at radius 1 is 1.16 bits per heavy atom. The maximum Gasteiger partial charge on any atom is 0.414 e. The molecule has 32 heavy (non-hydrogen) atoms. The Morgan fingerprint density at radius 3 is 2.78 bits per heavy atom. The monoisotopic (exact) mass is 437 g/mol. The molecule has 1 fully saturated rings. The van der Waals surface area contributed by atoms with Crippen LogP contribution in [0.25, 0.3) is 0 Å². The first-order chi connectivity index (χ1) is 15.5. The summed E-state index contributed by atoms with van der Waals surface area (Å²) in [6, 6.07) is 10.3. The molecular formula is C22H20FN5O4. The molecule has 9 nitrogen and oxygen atoms in total. The van der Waals surface area contributed by atoms with E-state index < -0.39 is 17.8 Å². The van der Waals surface area contributed by atoms with Gasteiger partial charge in [-0.3, -0.25) is 14.5 Å².